The molecule has 2 aromatic rings. The standard InChI is InChI=1S/C16H16N2/c1-13-5-4-6-14(9-13)11-18-12-16-8-3-2-7-15(16)10-17/h2-9,18H,11-12H2,1H3. The molecule has 0 saturated carbocycles. The maximum atomic E-state index is 8.99. The third-order valence-corrected chi connectivity index (χ3v) is 2.86. The van der Waals surface area contributed by atoms with Gasteiger partial charge in [-0.3, -0.25) is 0 Å². The van der Waals surface area contributed by atoms with Gasteiger partial charge in [-0.1, -0.05) is 48.0 Å². The summed E-state index contributed by atoms with van der Waals surface area (Å²) in [6.45, 7) is 3.63. The van der Waals surface area contributed by atoms with Crippen LogP contribution in [0.2, 0.25) is 0 Å². The summed E-state index contributed by atoms with van der Waals surface area (Å²) in [4.78, 5) is 0. The first kappa shape index (κ1) is 12.3. The summed E-state index contributed by atoms with van der Waals surface area (Å²) in [5.41, 5.74) is 4.33. The highest BCUT2D eigenvalue weighted by Gasteiger charge is 2.00. The van der Waals surface area contributed by atoms with Crippen molar-refractivity contribution >= 4 is 0 Å². The van der Waals surface area contributed by atoms with Gasteiger partial charge in [-0.2, -0.15) is 5.26 Å². The number of hydrogen-bond acceptors (Lipinski definition) is 2. The van der Waals surface area contributed by atoms with E-state index in [9.17, 15) is 0 Å². The van der Waals surface area contributed by atoms with Gasteiger partial charge >= 0.3 is 0 Å². The Balaban J connectivity index is 1.95. The maximum absolute atomic E-state index is 8.99. The van der Waals surface area contributed by atoms with Crippen molar-refractivity contribution in [2.24, 2.45) is 0 Å². The van der Waals surface area contributed by atoms with Gasteiger partial charge in [0.1, 0.15) is 0 Å². The molecular formula is C16H16N2. The van der Waals surface area contributed by atoms with Crippen LogP contribution in [0.3, 0.4) is 0 Å². The van der Waals surface area contributed by atoms with Gasteiger partial charge in [-0.15, -0.1) is 0 Å². The molecule has 0 spiro atoms. The van der Waals surface area contributed by atoms with Crippen LogP contribution in [0.5, 0.6) is 0 Å². The molecule has 0 radical (unpaired) electrons. The van der Waals surface area contributed by atoms with Gasteiger partial charge in [-0.05, 0) is 24.1 Å². The number of nitriles is 1. The first-order valence-corrected chi connectivity index (χ1v) is 6.04. The molecule has 0 amide bonds. The predicted octanol–water partition coefficient (Wildman–Crippen LogP) is 3.16. The summed E-state index contributed by atoms with van der Waals surface area (Å²) >= 11 is 0. The molecule has 0 aliphatic carbocycles. The largest absolute Gasteiger partial charge is 0.309 e. The maximum Gasteiger partial charge on any atom is 0.0995 e. The van der Waals surface area contributed by atoms with Crippen LogP contribution in [0.25, 0.3) is 0 Å². The van der Waals surface area contributed by atoms with Crippen LogP contribution in [-0.4, -0.2) is 0 Å². The van der Waals surface area contributed by atoms with Crippen molar-refractivity contribution in [2.75, 3.05) is 0 Å². The van der Waals surface area contributed by atoms with E-state index in [1.807, 2.05) is 24.3 Å². The lowest BCUT2D eigenvalue weighted by Gasteiger charge is -2.07. The molecule has 2 rings (SSSR count). The van der Waals surface area contributed by atoms with Gasteiger partial charge in [0.15, 0.2) is 0 Å². The van der Waals surface area contributed by atoms with Crippen LogP contribution in [-0.2, 0) is 13.1 Å². The van der Waals surface area contributed by atoms with Gasteiger partial charge in [-0.25, -0.2) is 0 Å². The van der Waals surface area contributed by atoms with Gasteiger partial charge in [0.25, 0.3) is 0 Å². The minimum atomic E-state index is 0.720. The smallest absolute Gasteiger partial charge is 0.0995 e. The normalized spacial score (nSPS) is 10.0. The Labute approximate surface area is 108 Å². The first-order valence-electron chi connectivity index (χ1n) is 6.04. The van der Waals surface area contributed by atoms with Gasteiger partial charge in [0.05, 0.1) is 11.6 Å². The fraction of sp³-hybridized carbons (Fsp3) is 0.188. The van der Waals surface area contributed by atoms with E-state index < -0.39 is 0 Å². The van der Waals surface area contributed by atoms with E-state index >= 15 is 0 Å². The molecule has 0 aliphatic heterocycles. The highest BCUT2D eigenvalue weighted by Crippen LogP contribution is 2.08. The molecule has 0 aromatic heterocycles. The topological polar surface area (TPSA) is 35.8 Å². The second-order valence-electron chi connectivity index (χ2n) is 4.36. The number of benzene rings is 2. The van der Waals surface area contributed by atoms with Crippen LogP contribution >= 0.6 is 0 Å². The highest BCUT2D eigenvalue weighted by molar-refractivity contribution is 5.37. The van der Waals surface area contributed by atoms with E-state index in [1.54, 1.807) is 0 Å². The summed E-state index contributed by atoms with van der Waals surface area (Å²) in [5, 5.41) is 12.4. The van der Waals surface area contributed by atoms with Crippen LogP contribution in [0.15, 0.2) is 48.5 Å². The van der Waals surface area contributed by atoms with Crippen molar-refractivity contribution in [3.8, 4) is 6.07 Å². The number of hydrogen-bond donors (Lipinski definition) is 1. The Morgan fingerprint density at radius 1 is 1.06 bits per heavy atom. The monoisotopic (exact) mass is 236 g/mol. The Bertz CT molecular complexity index is 567. The van der Waals surface area contributed by atoms with E-state index in [-0.39, 0.29) is 0 Å². The Hall–Kier alpha value is -2.11. The summed E-state index contributed by atoms with van der Waals surface area (Å²) in [6, 6.07) is 18.3. The average Bonchev–Trinajstić information content (AvgIpc) is 2.39. The minimum absolute atomic E-state index is 0.720. The second kappa shape index (κ2) is 6.00. The summed E-state index contributed by atoms with van der Waals surface area (Å²) in [6.07, 6.45) is 0. The fourth-order valence-electron chi connectivity index (χ4n) is 1.95. The Kier molecular flexibility index (Phi) is 4.11. The molecule has 90 valence electrons. The molecule has 0 atom stereocenters. The van der Waals surface area contributed by atoms with Crippen molar-refractivity contribution in [2.45, 2.75) is 20.0 Å². The third kappa shape index (κ3) is 3.19. The van der Waals surface area contributed by atoms with Crippen molar-refractivity contribution in [3.05, 3.63) is 70.8 Å². The fourth-order valence-corrected chi connectivity index (χ4v) is 1.95. The zero-order chi connectivity index (χ0) is 12.8. The molecule has 18 heavy (non-hydrogen) atoms. The van der Waals surface area contributed by atoms with E-state index in [1.165, 1.54) is 11.1 Å². The molecule has 0 bridgehead atoms. The molecule has 0 aliphatic rings. The summed E-state index contributed by atoms with van der Waals surface area (Å²) < 4.78 is 0. The summed E-state index contributed by atoms with van der Waals surface area (Å²) in [7, 11) is 0. The first-order chi connectivity index (χ1) is 8.79. The van der Waals surface area contributed by atoms with Crippen molar-refractivity contribution in [3.63, 3.8) is 0 Å². The number of rotatable bonds is 4. The minimum Gasteiger partial charge on any atom is -0.309 e. The zero-order valence-electron chi connectivity index (χ0n) is 10.5. The van der Waals surface area contributed by atoms with Crippen LogP contribution in [0.1, 0.15) is 22.3 Å². The molecular weight excluding hydrogens is 220 g/mol. The number of aryl methyl sites for hydroxylation is 1. The SMILES string of the molecule is Cc1cccc(CNCc2ccccc2C#N)c1. The van der Waals surface area contributed by atoms with Crippen LogP contribution in [0, 0.1) is 18.3 Å². The number of nitrogens with one attached hydrogen (secondary N) is 1. The lowest BCUT2D eigenvalue weighted by atomic mass is 10.1. The summed E-state index contributed by atoms with van der Waals surface area (Å²) in [5.74, 6) is 0. The van der Waals surface area contributed by atoms with Crippen molar-refractivity contribution < 1.29 is 0 Å². The molecule has 2 heteroatoms. The lowest BCUT2D eigenvalue weighted by molar-refractivity contribution is 0.692. The third-order valence-electron chi connectivity index (χ3n) is 2.86. The van der Waals surface area contributed by atoms with Crippen molar-refractivity contribution in [1.82, 2.24) is 5.32 Å². The molecule has 2 nitrogen and oxygen atoms in total. The van der Waals surface area contributed by atoms with Gasteiger partial charge in [0.2, 0.25) is 0 Å². The van der Waals surface area contributed by atoms with Gasteiger partial charge < -0.3 is 5.32 Å². The molecule has 0 fully saturated rings. The van der Waals surface area contributed by atoms with E-state index in [0.717, 1.165) is 24.2 Å². The van der Waals surface area contributed by atoms with Crippen LogP contribution in [0.4, 0.5) is 0 Å². The zero-order valence-corrected chi connectivity index (χ0v) is 10.5. The average molecular weight is 236 g/mol. The molecule has 0 saturated heterocycles. The van der Waals surface area contributed by atoms with Crippen LogP contribution < -0.4 is 5.32 Å². The Morgan fingerprint density at radius 3 is 2.67 bits per heavy atom. The highest BCUT2D eigenvalue weighted by atomic mass is 14.8. The predicted molar refractivity (Wildman–Crippen MR) is 72.9 cm³/mol. The van der Waals surface area contributed by atoms with Gasteiger partial charge in [0, 0.05) is 13.1 Å². The van der Waals surface area contributed by atoms with Crippen molar-refractivity contribution in [1.29, 1.82) is 5.26 Å². The molecule has 2 aromatic carbocycles. The Morgan fingerprint density at radius 2 is 1.89 bits per heavy atom. The van der Waals surface area contributed by atoms with E-state index in [0.29, 0.717) is 0 Å². The van der Waals surface area contributed by atoms with E-state index in [4.69, 9.17) is 5.26 Å². The molecule has 0 heterocycles. The van der Waals surface area contributed by atoms with E-state index in [2.05, 4.69) is 42.6 Å². The molecule has 0 unspecified atom stereocenters. The quantitative estimate of drug-likeness (QED) is 0.885. The number of nitrogens with zero attached hydrogens (tertiary/aromatic N) is 1. The second-order valence-corrected chi connectivity index (χ2v) is 4.36. The lowest BCUT2D eigenvalue weighted by Crippen LogP contribution is -2.13. The molecule has 1 N–H and O–H groups in total.